The number of aryl methyl sites for hydroxylation is 1. The van der Waals surface area contributed by atoms with Crippen LogP contribution < -0.4 is 5.32 Å². The predicted octanol–water partition coefficient (Wildman–Crippen LogP) is 6.20. The van der Waals surface area contributed by atoms with Gasteiger partial charge in [0.25, 0.3) is 5.92 Å². The van der Waals surface area contributed by atoms with E-state index >= 15 is 0 Å². The Morgan fingerprint density at radius 3 is 2.64 bits per heavy atom. The Morgan fingerprint density at radius 1 is 1.27 bits per heavy atom. The summed E-state index contributed by atoms with van der Waals surface area (Å²) < 4.78 is 33.7. The van der Waals surface area contributed by atoms with E-state index in [2.05, 4.69) is 26.1 Å². The molecule has 1 heterocycles. The van der Waals surface area contributed by atoms with Crippen molar-refractivity contribution in [2.24, 2.45) is 5.41 Å². The molecule has 1 saturated carbocycles. The van der Waals surface area contributed by atoms with Gasteiger partial charge in [-0.05, 0) is 54.4 Å². The minimum absolute atomic E-state index is 0.0112. The third-order valence-corrected chi connectivity index (χ3v) is 6.66. The molecule has 1 N–H and O–H groups in total. The van der Waals surface area contributed by atoms with Crippen LogP contribution in [0.3, 0.4) is 0 Å². The van der Waals surface area contributed by atoms with Gasteiger partial charge in [0, 0.05) is 30.6 Å². The SMILES string of the molecule is CCOC(=O)CCN1C=C2CC(F)(F)CCC2(c2ccc(CCC(C)(C)C)c(Cl)c2)NC1=O. The number of benzene rings is 1. The smallest absolute Gasteiger partial charge is 0.322 e. The molecule has 0 saturated heterocycles. The van der Waals surface area contributed by atoms with Gasteiger partial charge in [-0.2, -0.15) is 0 Å². The summed E-state index contributed by atoms with van der Waals surface area (Å²) in [7, 11) is 0. The fraction of sp³-hybridized carbons (Fsp3) is 0.600. The van der Waals surface area contributed by atoms with Gasteiger partial charge in [-0.1, -0.05) is 44.5 Å². The molecule has 0 bridgehead atoms. The van der Waals surface area contributed by atoms with E-state index in [0.29, 0.717) is 16.2 Å². The van der Waals surface area contributed by atoms with Gasteiger partial charge in [-0.3, -0.25) is 4.79 Å². The van der Waals surface area contributed by atoms with Crippen LogP contribution in [0.2, 0.25) is 5.02 Å². The van der Waals surface area contributed by atoms with Gasteiger partial charge in [-0.25, -0.2) is 13.6 Å². The van der Waals surface area contributed by atoms with Gasteiger partial charge < -0.3 is 15.0 Å². The van der Waals surface area contributed by atoms with Crippen LogP contribution in [0, 0.1) is 5.41 Å². The summed E-state index contributed by atoms with van der Waals surface area (Å²) in [4.78, 5) is 25.9. The molecule has 2 aliphatic rings. The number of halogens is 3. The third-order valence-electron chi connectivity index (χ3n) is 6.31. The topological polar surface area (TPSA) is 58.6 Å². The van der Waals surface area contributed by atoms with Crippen molar-refractivity contribution in [1.29, 1.82) is 0 Å². The van der Waals surface area contributed by atoms with E-state index in [1.54, 1.807) is 13.0 Å². The second-order valence-corrected chi connectivity index (χ2v) is 10.5. The number of carbonyl (C=O) groups excluding carboxylic acids is 2. The molecular formula is C25H33ClF2N2O3. The zero-order valence-electron chi connectivity index (χ0n) is 19.8. The minimum Gasteiger partial charge on any atom is -0.466 e. The maximum absolute atomic E-state index is 14.4. The summed E-state index contributed by atoms with van der Waals surface area (Å²) in [6.45, 7) is 8.50. The Labute approximate surface area is 199 Å². The number of fused-ring (bicyclic) bond motifs is 1. The lowest BCUT2D eigenvalue weighted by atomic mass is 9.70. The van der Waals surface area contributed by atoms with Crippen molar-refractivity contribution in [3.05, 3.63) is 46.1 Å². The summed E-state index contributed by atoms with van der Waals surface area (Å²) in [5, 5.41) is 3.54. The molecule has 0 spiro atoms. The van der Waals surface area contributed by atoms with Gasteiger partial charge >= 0.3 is 12.0 Å². The average molecular weight is 483 g/mol. The highest BCUT2D eigenvalue weighted by molar-refractivity contribution is 6.31. The number of nitrogens with zero attached hydrogens (tertiary/aromatic N) is 1. The van der Waals surface area contributed by atoms with Crippen LogP contribution in [0.1, 0.15) is 70.9 Å². The summed E-state index contributed by atoms with van der Waals surface area (Å²) in [5.41, 5.74) is 1.24. The Hall–Kier alpha value is -2.15. The number of hydrogen-bond acceptors (Lipinski definition) is 3. The third kappa shape index (κ3) is 6.05. The fourth-order valence-electron chi connectivity index (χ4n) is 4.39. The van der Waals surface area contributed by atoms with Crippen LogP contribution in [0.4, 0.5) is 13.6 Å². The summed E-state index contributed by atoms with van der Waals surface area (Å²) >= 11 is 6.60. The van der Waals surface area contributed by atoms with E-state index in [1.165, 1.54) is 11.1 Å². The largest absolute Gasteiger partial charge is 0.466 e. The Balaban J connectivity index is 1.91. The molecule has 1 aliphatic carbocycles. The number of carbonyl (C=O) groups is 2. The second kappa shape index (κ2) is 9.61. The zero-order chi connectivity index (χ0) is 24.4. The maximum atomic E-state index is 14.4. The number of urea groups is 1. The molecule has 1 atom stereocenters. The van der Waals surface area contributed by atoms with E-state index in [-0.39, 0.29) is 37.8 Å². The summed E-state index contributed by atoms with van der Waals surface area (Å²) in [6, 6.07) is 5.18. The highest BCUT2D eigenvalue weighted by Crippen LogP contribution is 2.49. The van der Waals surface area contributed by atoms with Crippen LogP contribution in [0.5, 0.6) is 0 Å². The maximum Gasteiger partial charge on any atom is 0.322 e. The van der Waals surface area contributed by atoms with Crippen molar-refractivity contribution in [3.63, 3.8) is 0 Å². The molecule has 1 unspecified atom stereocenters. The van der Waals surface area contributed by atoms with Crippen molar-refractivity contribution in [1.82, 2.24) is 10.2 Å². The van der Waals surface area contributed by atoms with Crippen molar-refractivity contribution in [3.8, 4) is 0 Å². The standard InChI is InChI=1S/C25H33ClF2N2O3/c1-5-33-21(31)9-13-30-16-19-15-24(27,28)11-12-25(19,29-22(30)32)18-7-6-17(20(26)14-18)8-10-23(2,3)4/h6-7,14,16H,5,8-13,15H2,1-4H3,(H,29,32). The number of ether oxygens (including phenoxy) is 1. The molecule has 1 aromatic rings. The van der Waals surface area contributed by atoms with Crippen molar-refractivity contribution < 1.29 is 23.1 Å². The first kappa shape index (κ1) is 25.5. The number of nitrogens with one attached hydrogen (secondary N) is 1. The molecule has 3 rings (SSSR count). The number of amides is 2. The Morgan fingerprint density at radius 2 is 2.00 bits per heavy atom. The first-order chi connectivity index (χ1) is 15.3. The van der Waals surface area contributed by atoms with E-state index in [9.17, 15) is 18.4 Å². The monoisotopic (exact) mass is 482 g/mol. The molecular weight excluding hydrogens is 450 g/mol. The van der Waals surface area contributed by atoms with E-state index in [4.69, 9.17) is 16.3 Å². The van der Waals surface area contributed by atoms with Gasteiger partial charge in [-0.15, -0.1) is 0 Å². The van der Waals surface area contributed by atoms with Gasteiger partial charge in [0.2, 0.25) is 0 Å². The molecule has 5 nitrogen and oxygen atoms in total. The van der Waals surface area contributed by atoms with Crippen LogP contribution in [0.25, 0.3) is 0 Å². The van der Waals surface area contributed by atoms with Crippen molar-refractivity contribution >= 4 is 23.6 Å². The first-order valence-corrected chi connectivity index (χ1v) is 11.9. The lowest BCUT2D eigenvalue weighted by molar-refractivity contribution is -0.143. The van der Waals surface area contributed by atoms with Gasteiger partial charge in [0.15, 0.2) is 0 Å². The van der Waals surface area contributed by atoms with Gasteiger partial charge in [0.1, 0.15) is 0 Å². The van der Waals surface area contributed by atoms with Crippen molar-refractivity contribution in [2.75, 3.05) is 13.2 Å². The molecule has 33 heavy (non-hydrogen) atoms. The molecule has 0 aromatic heterocycles. The normalized spacial score (nSPS) is 22.3. The lowest BCUT2D eigenvalue weighted by Gasteiger charge is -2.47. The van der Waals surface area contributed by atoms with Crippen LogP contribution in [0.15, 0.2) is 30.0 Å². The molecule has 1 aliphatic heterocycles. The highest BCUT2D eigenvalue weighted by atomic mass is 35.5. The van der Waals surface area contributed by atoms with E-state index in [1.807, 2.05) is 12.1 Å². The zero-order valence-corrected chi connectivity index (χ0v) is 20.5. The lowest BCUT2D eigenvalue weighted by Crippen LogP contribution is -2.58. The minimum atomic E-state index is -2.86. The molecule has 2 amide bonds. The van der Waals surface area contributed by atoms with E-state index in [0.717, 1.165) is 18.4 Å². The predicted molar refractivity (Wildman–Crippen MR) is 124 cm³/mol. The Bertz CT molecular complexity index is 942. The van der Waals surface area contributed by atoms with Crippen molar-refractivity contribution in [2.45, 2.75) is 77.7 Å². The number of hydrogen-bond donors (Lipinski definition) is 1. The van der Waals surface area contributed by atoms with Crippen LogP contribution >= 0.6 is 11.6 Å². The second-order valence-electron chi connectivity index (χ2n) is 10.1. The van der Waals surface area contributed by atoms with E-state index < -0.39 is 29.9 Å². The number of alkyl halides is 2. The molecule has 0 radical (unpaired) electrons. The summed E-state index contributed by atoms with van der Waals surface area (Å²) in [5.74, 6) is -3.30. The molecule has 1 fully saturated rings. The highest BCUT2D eigenvalue weighted by Gasteiger charge is 2.51. The van der Waals surface area contributed by atoms with Crippen LogP contribution in [-0.4, -0.2) is 36.0 Å². The molecule has 8 heteroatoms. The number of rotatable bonds is 7. The number of esters is 1. The molecule has 1 aromatic carbocycles. The first-order valence-electron chi connectivity index (χ1n) is 11.5. The average Bonchev–Trinajstić information content (AvgIpc) is 2.71. The van der Waals surface area contributed by atoms with Crippen LogP contribution in [-0.2, 0) is 21.5 Å². The van der Waals surface area contributed by atoms with Gasteiger partial charge in [0.05, 0.1) is 18.6 Å². The quantitative estimate of drug-likeness (QED) is 0.471. The fourth-order valence-corrected chi connectivity index (χ4v) is 4.66. The molecule has 182 valence electrons. The summed E-state index contributed by atoms with van der Waals surface area (Å²) in [6.07, 6.45) is 2.50. The Kier molecular flexibility index (Phi) is 7.42.